The molecule has 0 radical (unpaired) electrons. The predicted molar refractivity (Wildman–Crippen MR) is 80.7 cm³/mol. The van der Waals surface area contributed by atoms with Gasteiger partial charge in [-0.1, -0.05) is 13.8 Å². The number of thiazole rings is 1. The Morgan fingerprint density at radius 1 is 1.33 bits per heavy atom. The van der Waals surface area contributed by atoms with Crippen LogP contribution in [0, 0.1) is 0 Å². The van der Waals surface area contributed by atoms with Crippen LogP contribution >= 0.6 is 11.3 Å². The highest BCUT2D eigenvalue weighted by Crippen LogP contribution is 2.19. The first-order chi connectivity index (χ1) is 10.1. The fourth-order valence-electron chi connectivity index (χ4n) is 2.24. The topological polar surface area (TPSA) is 78.0 Å². The number of H-pyrrole nitrogens is 1. The minimum atomic E-state index is -0.100. The monoisotopic (exact) mass is 306 g/mol. The van der Waals surface area contributed by atoms with Crippen molar-refractivity contribution >= 4 is 22.4 Å². The van der Waals surface area contributed by atoms with Crippen LogP contribution in [0.15, 0.2) is 11.6 Å². The molecule has 1 amide bonds. The van der Waals surface area contributed by atoms with E-state index in [1.54, 1.807) is 22.4 Å². The van der Waals surface area contributed by atoms with E-state index < -0.39 is 0 Å². The molecule has 21 heavy (non-hydrogen) atoms. The number of carbonyl (C=O) groups is 1. The van der Waals surface area contributed by atoms with Gasteiger partial charge in [0.15, 0.2) is 5.13 Å². The number of nitrogens with one attached hydrogen (secondary N) is 1. The van der Waals surface area contributed by atoms with E-state index in [2.05, 4.69) is 25.1 Å². The minimum Gasteiger partial charge on any atom is -0.345 e. The molecule has 1 N–H and O–H groups in total. The first-order valence-electron chi connectivity index (χ1n) is 7.01. The molecule has 1 saturated heterocycles. The van der Waals surface area contributed by atoms with Crippen molar-refractivity contribution in [1.29, 1.82) is 0 Å². The zero-order chi connectivity index (χ0) is 14.8. The van der Waals surface area contributed by atoms with Gasteiger partial charge in [-0.25, -0.2) is 9.97 Å². The number of hydrogen-bond acceptors (Lipinski definition) is 6. The molecule has 112 valence electrons. The Bertz CT molecular complexity index is 600. The molecule has 0 spiro atoms. The summed E-state index contributed by atoms with van der Waals surface area (Å²) in [5.41, 5.74) is 0. The van der Waals surface area contributed by atoms with Gasteiger partial charge in [0, 0.05) is 43.7 Å². The maximum absolute atomic E-state index is 12.4. The third-order valence-corrected chi connectivity index (χ3v) is 4.33. The molecule has 0 bridgehead atoms. The number of aromatic amines is 1. The molecule has 2 aromatic heterocycles. The summed E-state index contributed by atoms with van der Waals surface area (Å²) in [4.78, 5) is 25.0. The second-order valence-electron chi connectivity index (χ2n) is 5.29. The molecule has 8 heteroatoms. The van der Waals surface area contributed by atoms with Gasteiger partial charge < -0.3 is 9.80 Å². The van der Waals surface area contributed by atoms with E-state index in [0.717, 1.165) is 24.0 Å². The number of carbonyl (C=O) groups excluding carboxylic acids is 1. The van der Waals surface area contributed by atoms with Crippen molar-refractivity contribution in [1.82, 2.24) is 25.1 Å². The fourth-order valence-corrected chi connectivity index (χ4v) is 2.94. The van der Waals surface area contributed by atoms with Crippen LogP contribution in [0.5, 0.6) is 0 Å². The third-order valence-electron chi connectivity index (χ3n) is 3.50. The number of anilines is 1. The summed E-state index contributed by atoms with van der Waals surface area (Å²) in [6, 6.07) is 0. The highest BCUT2D eigenvalue weighted by molar-refractivity contribution is 7.13. The van der Waals surface area contributed by atoms with Crippen LogP contribution in [0.2, 0.25) is 0 Å². The van der Waals surface area contributed by atoms with Gasteiger partial charge in [0.25, 0.3) is 5.91 Å². The van der Waals surface area contributed by atoms with Crippen LogP contribution in [-0.4, -0.2) is 57.2 Å². The summed E-state index contributed by atoms with van der Waals surface area (Å²) in [6.07, 6.45) is 1.80. The first kappa shape index (κ1) is 14.0. The van der Waals surface area contributed by atoms with Crippen LogP contribution in [0.25, 0.3) is 0 Å². The number of piperazine rings is 1. The Hall–Kier alpha value is -1.96. The first-order valence-corrected chi connectivity index (χ1v) is 7.89. The average molecular weight is 306 g/mol. The Labute approximate surface area is 127 Å². The van der Waals surface area contributed by atoms with E-state index in [-0.39, 0.29) is 17.6 Å². The Kier molecular flexibility index (Phi) is 3.87. The molecule has 3 rings (SSSR count). The van der Waals surface area contributed by atoms with Gasteiger partial charge in [-0.05, 0) is 0 Å². The zero-order valence-electron chi connectivity index (χ0n) is 12.1. The molecule has 1 fully saturated rings. The predicted octanol–water partition coefficient (Wildman–Crippen LogP) is 1.35. The molecule has 2 aromatic rings. The van der Waals surface area contributed by atoms with Crippen molar-refractivity contribution in [2.75, 3.05) is 31.1 Å². The lowest BCUT2D eigenvalue weighted by Crippen LogP contribution is -2.49. The molecule has 0 atom stereocenters. The Morgan fingerprint density at radius 3 is 2.67 bits per heavy atom. The molecule has 0 aliphatic carbocycles. The zero-order valence-corrected chi connectivity index (χ0v) is 12.9. The van der Waals surface area contributed by atoms with Crippen molar-refractivity contribution in [3.63, 3.8) is 0 Å². The maximum Gasteiger partial charge on any atom is 0.293 e. The summed E-state index contributed by atoms with van der Waals surface area (Å²) in [7, 11) is 0. The quantitative estimate of drug-likeness (QED) is 0.926. The van der Waals surface area contributed by atoms with E-state index in [1.165, 1.54) is 0 Å². The lowest BCUT2D eigenvalue weighted by Gasteiger charge is -2.33. The number of hydrogen-bond donors (Lipinski definition) is 1. The van der Waals surface area contributed by atoms with Crippen molar-refractivity contribution < 1.29 is 4.79 Å². The highest BCUT2D eigenvalue weighted by atomic mass is 32.1. The summed E-state index contributed by atoms with van der Waals surface area (Å²) in [6.45, 7) is 6.96. The average Bonchev–Trinajstić information content (AvgIpc) is 3.18. The van der Waals surface area contributed by atoms with Gasteiger partial charge >= 0.3 is 0 Å². The fraction of sp³-hybridized carbons (Fsp3) is 0.538. The van der Waals surface area contributed by atoms with Crippen LogP contribution in [0.1, 0.15) is 36.2 Å². The number of nitrogens with zero attached hydrogens (tertiary/aromatic N) is 5. The molecular formula is C13H18N6OS. The Morgan fingerprint density at radius 2 is 2.10 bits per heavy atom. The summed E-state index contributed by atoms with van der Waals surface area (Å²) in [5.74, 6) is 1.15. The second kappa shape index (κ2) is 5.80. The van der Waals surface area contributed by atoms with Crippen LogP contribution < -0.4 is 4.90 Å². The summed E-state index contributed by atoms with van der Waals surface area (Å²) < 4.78 is 0. The smallest absolute Gasteiger partial charge is 0.293 e. The standard InChI is InChI=1S/C13H18N6OS/c1-9(2)10-15-11(17-16-10)12(20)18-4-6-19(7-5-18)13-14-3-8-21-13/h3,8-9H,4-7H2,1-2H3,(H,15,16,17). The van der Waals surface area contributed by atoms with Crippen molar-refractivity contribution in [3.8, 4) is 0 Å². The minimum absolute atomic E-state index is 0.100. The van der Waals surface area contributed by atoms with Crippen LogP contribution in [0.3, 0.4) is 0 Å². The molecule has 0 saturated carbocycles. The molecular weight excluding hydrogens is 288 g/mol. The molecule has 7 nitrogen and oxygen atoms in total. The van der Waals surface area contributed by atoms with E-state index in [1.807, 2.05) is 19.2 Å². The van der Waals surface area contributed by atoms with Gasteiger partial charge in [-0.2, -0.15) is 0 Å². The molecule has 3 heterocycles. The SMILES string of the molecule is CC(C)c1nc(C(=O)N2CCN(c3nccs3)CC2)n[nH]1. The lowest BCUT2D eigenvalue weighted by molar-refractivity contribution is 0.0735. The van der Waals surface area contributed by atoms with E-state index in [4.69, 9.17) is 0 Å². The van der Waals surface area contributed by atoms with Crippen molar-refractivity contribution in [2.24, 2.45) is 0 Å². The molecule has 1 aliphatic rings. The maximum atomic E-state index is 12.4. The van der Waals surface area contributed by atoms with Gasteiger partial charge in [0.05, 0.1) is 0 Å². The van der Waals surface area contributed by atoms with Gasteiger partial charge in [-0.15, -0.1) is 16.4 Å². The highest BCUT2D eigenvalue weighted by Gasteiger charge is 2.25. The second-order valence-corrected chi connectivity index (χ2v) is 6.17. The molecule has 0 aromatic carbocycles. The normalized spacial score (nSPS) is 15.8. The van der Waals surface area contributed by atoms with Gasteiger partial charge in [0.1, 0.15) is 5.82 Å². The molecule has 0 unspecified atom stereocenters. The number of rotatable bonds is 3. The lowest BCUT2D eigenvalue weighted by atomic mass is 10.2. The van der Waals surface area contributed by atoms with E-state index in [0.29, 0.717) is 13.1 Å². The number of amides is 1. The summed E-state index contributed by atoms with van der Waals surface area (Å²) >= 11 is 1.62. The van der Waals surface area contributed by atoms with Gasteiger partial charge in [0.2, 0.25) is 5.82 Å². The van der Waals surface area contributed by atoms with Crippen molar-refractivity contribution in [3.05, 3.63) is 23.2 Å². The van der Waals surface area contributed by atoms with Crippen molar-refractivity contribution in [2.45, 2.75) is 19.8 Å². The van der Waals surface area contributed by atoms with E-state index in [9.17, 15) is 4.79 Å². The Balaban J connectivity index is 1.62. The number of aromatic nitrogens is 4. The molecule has 1 aliphatic heterocycles. The van der Waals surface area contributed by atoms with Crippen LogP contribution in [0.4, 0.5) is 5.13 Å². The van der Waals surface area contributed by atoms with Crippen LogP contribution in [-0.2, 0) is 0 Å². The van der Waals surface area contributed by atoms with E-state index >= 15 is 0 Å². The third kappa shape index (κ3) is 2.90. The van der Waals surface area contributed by atoms with Gasteiger partial charge in [-0.3, -0.25) is 9.89 Å². The largest absolute Gasteiger partial charge is 0.345 e. The summed E-state index contributed by atoms with van der Waals surface area (Å²) in [5, 5.41) is 9.84.